The number of carbonyl (C=O) groups is 3. The van der Waals surface area contributed by atoms with Crippen molar-refractivity contribution in [3.05, 3.63) is 12.2 Å². The first-order valence-electron chi connectivity index (χ1n) is 7.22. The number of hydrogen-bond acceptors (Lipinski definition) is 7. The summed E-state index contributed by atoms with van der Waals surface area (Å²) in [7, 11) is 1.48. The van der Waals surface area contributed by atoms with Gasteiger partial charge in [-0.3, -0.25) is 4.79 Å². The second-order valence-electron chi connectivity index (χ2n) is 4.97. The largest absolute Gasteiger partial charge is 0.463 e. The quantitative estimate of drug-likeness (QED) is 0.273. The van der Waals surface area contributed by atoms with Crippen LogP contribution >= 0.6 is 0 Å². The SMILES string of the molecule is C=C(CC(=O)OCCOC)C(=O)OCC(=O)OC1CCCC1. The van der Waals surface area contributed by atoms with Crippen LogP contribution in [-0.2, 0) is 33.3 Å². The minimum absolute atomic E-state index is 0.0731. The van der Waals surface area contributed by atoms with Gasteiger partial charge in [-0.05, 0) is 25.7 Å². The third-order valence-corrected chi connectivity index (χ3v) is 3.12. The van der Waals surface area contributed by atoms with Crippen molar-refractivity contribution in [2.45, 2.75) is 38.2 Å². The number of hydrogen-bond donors (Lipinski definition) is 0. The summed E-state index contributed by atoms with van der Waals surface area (Å²) in [6.45, 7) is 3.34. The lowest BCUT2D eigenvalue weighted by Gasteiger charge is -2.11. The monoisotopic (exact) mass is 314 g/mol. The van der Waals surface area contributed by atoms with Gasteiger partial charge in [-0.2, -0.15) is 0 Å². The molecule has 1 saturated carbocycles. The van der Waals surface area contributed by atoms with Gasteiger partial charge in [-0.25, -0.2) is 9.59 Å². The molecule has 7 heteroatoms. The maximum atomic E-state index is 11.6. The van der Waals surface area contributed by atoms with Crippen molar-refractivity contribution >= 4 is 17.9 Å². The summed E-state index contributed by atoms with van der Waals surface area (Å²) in [6.07, 6.45) is 3.41. The van der Waals surface area contributed by atoms with Crippen LogP contribution in [0.1, 0.15) is 32.1 Å². The van der Waals surface area contributed by atoms with Gasteiger partial charge in [0.15, 0.2) is 6.61 Å². The van der Waals surface area contributed by atoms with Crippen LogP contribution in [0.2, 0.25) is 0 Å². The van der Waals surface area contributed by atoms with E-state index in [1.165, 1.54) is 7.11 Å². The standard InChI is InChI=1S/C15H22O7/c1-11(9-13(16)20-8-7-19-2)15(18)21-10-14(17)22-12-5-3-4-6-12/h12H,1,3-10H2,2H3. The number of rotatable bonds is 9. The Morgan fingerprint density at radius 2 is 1.73 bits per heavy atom. The molecule has 0 atom stereocenters. The summed E-state index contributed by atoms with van der Waals surface area (Å²) in [4.78, 5) is 34.4. The fourth-order valence-electron chi connectivity index (χ4n) is 1.99. The third kappa shape index (κ3) is 7.21. The summed E-state index contributed by atoms with van der Waals surface area (Å²) in [5.41, 5.74) is -0.0731. The molecule has 0 spiro atoms. The van der Waals surface area contributed by atoms with Crippen LogP contribution in [0.5, 0.6) is 0 Å². The number of esters is 3. The van der Waals surface area contributed by atoms with Gasteiger partial charge in [0.25, 0.3) is 0 Å². The minimum atomic E-state index is -0.813. The lowest BCUT2D eigenvalue weighted by atomic mass is 10.2. The lowest BCUT2D eigenvalue weighted by molar-refractivity contribution is -0.160. The number of carbonyl (C=O) groups excluding carboxylic acids is 3. The Labute approximate surface area is 129 Å². The maximum Gasteiger partial charge on any atom is 0.344 e. The summed E-state index contributed by atoms with van der Waals surface area (Å²) in [5.74, 6) is -2.00. The maximum absolute atomic E-state index is 11.6. The molecule has 1 fully saturated rings. The Balaban J connectivity index is 2.18. The Hall–Kier alpha value is -1.89. The fraction of sp³-hybridized carbons (Fsp3) is 0.667. The highest BCUT2D eigenvalue weighted by Gasteiger charge is 2.21. The summed E-state index contributed by atoms with van der Waals surface area (Å²) >= 11 is 0. The van der Waals surface area contributed by atoms with Gasteiger partial charge in [-0.1, -0.05) is 6.58 Å². The Kier molecular flexibility index (Phi) is 8.21. The number of ether oxygens (including phenoxy) is 4. The molecule has 0 aromatic rings. The van der Waals surface area contributed by atoms with E-state index < -0.39 is 24.5 Å². The lowest BCUT2D eigenvalue weighted by Crippen LogP contribution is -2.22. The van der Waals surface area contributed by atoms with Crippen LogP contribution < -0.4 is 0 Å². The summed E-state index contributed by atoms with van der Waals surface area (Å²) < 4.78 is 19.4. The average Bonchev–Trinajstić information content (AvgIpc) is 2.97. The van der Waals surface area contributed by atoms with Crippen LogP contribution in [0.4, 0.5) is 0 Å². The van der Waals surface area contributed by atoms with E-state index in [0.717, 1.165) is 25.7 Å². The van der Waals surface area contributed by atoms with E-state index in [2.05, 4.69) is 6.58 Å². The van der Waals surface area contributed by atoms with E-state index in [-0.39, 0.29) is 31.3 Å². The first-order valence-corrected chi connectivity index (χ1v) is 7.22. The molecule has 0 heterocycles. The molecule has 0 bridgehead atoms. The molecule has 124 valence electrons. The molecule has 0 saturated heterocycles. The molecular formula is C15H22O7. The van der Waals surface area contributed by atoms with E-state index in [9.17, 15) is 14.4 Å². The van der Waals surface area contributed by atoms with Gasteiger partial charge in [0.05, 0.1) is 13.0 Å². The van der Waals surface area contributed by atoms with Gasteiger partial charge in [0.1, 0.15) is 12.7 Å². The molecule has 0 aliphatic heterocycles. The van der Waals surface area contributed by atoms with Crippen molar-refractivity contribution in [2.75, 3.05) is 26.9 Å². The predicted molar refractivity (Wildman–Crippen MR) is 75.9 cm³/mol. The smallest absolute Gasteiger partial charge is 0.344 e. The van der Waals surface area contributed by atoms with Crippen LogP contribution in [0, 0.1) is 0 Å². The van der Waals surface area contributed by atoms with Gasteiger partial charge in [0.2, 0.25) is 0 Å². The first-order chi connectivity index (χ1) is 10.5. The fourth-order valence-corrected chi connectivity index (χ4v) is 1.99. The van der Waals surface area contributed by atoms with Crippen LogP contribution in [0.15, 0.2) is 12.2 Å². The molecular weight excluding hydrogens is 292 g/mol. The Bertz CT molecular complexity index is 410. The molecule has 0 aromatic carbocycles. The molecule has 1 aliphatic rings. The van der Waals surface area contributed by atoms with Crippen molar-refractivity contribution in [1.82, 2.24) is 0 Å². The second-order valence-corrected chi connectivity index (χ2v) is 4.97. The van der Waals surface area contributed by atoms with Gasteiger partial charge < -0.3 is 18.9 Å². The van der Waals surface area contributed by atoms with Crippen molar-refractivity contribution in [3.63, 3.8) is 0 Å². The minimum Gasteiger partial charge on any atom is -0.463 e. The third-order valence-electron chi connectivity index (χ3n) is 3.12. The molecule has 22 heavy (non-hydrogen) atoms. The van der Waals surface area contributed by atoms with Crippen LogP contribution in [-0.4, -0.2) is 50.9 Å². The zero-order valence-electron chi connectivity index (χ0n) is 12.8. The van der Waals surface area contributed by atoms with Crippen LogP contribution in [0.3, 0.4) is 0 Å². The van der Waals surface area contributed by atoms with Crippen molar-refractivity contribution in [3.8, 4) is 0 Å². The molecule has 0 radical (unpaired) electrons. The molecule has 0 unspecified atom stereocenters. The van der Waals surface area contributed by atoms with Crippen molar-refractivity contribution < 1.29 is 33.3 Å². The van der Waals surface area contributed by atoms with Gasteiger partial charge >= 0.3 is 17.9 Å². The highest BCUT2D eigenvalue weighted by molar-refractivity contribution is 5.94. The molecule has 7 nitrogen and oxygen atoms in total. The van der Waals surface area contributed by atoms with Gasteiger partial charge in [0, 0.05) is 12.7 Å². The highest BCUT2D eigenvalue weighted by Crippen LogP contribution is 2.20. The van der Waals surface area contributed by atoms with E-state index in [4.69, 9.17) is 18.9 Å². The molecule has 0 N–H and O–H groups in total. The van der Waals surface area contributed by atoms with Crippen molar-refractivity contribution in [1.29, 1.82) is 0 Å². The summed E-state index contributed by atoms with van der Waals surface area (Å²) in [6, 6.07) is 0. The second kappa shape index (κ2) is 9.94. The van der Waals surface area contributed by atoms with Crippen molar-refractivity contribution in [2.24, 2.45) is 0 Å². The van der Waals surface area contributed by atoms with E-state index >= 15 is 0 Å². The molecule has 1 aliphatic carbocycles. The van der Waals surface area contributed by atoms with Gasteiger partial charge in [-0.15, -0.1) is 0 Å². The van der Waals surface area contributed by atoms with E-state index in [0.29, 0.717) is 0 Å². The number of methoxy groups -OCH3 is 1. The molecule has 0 amide bonds. The molecule has 1 rings (SSSR count). The van der Waals surface area contributed by atoms with Crippen LogP contribution in [0.25, 0.3) is 0 Å². The zero-order valence-corrected chi connectivity index (χ0v) is 12.8. The molecule has 0 aromatic heterocycles. The Morgan fingerprint density at radius 1 is 1.05 bits per heavy atom. The van der Waals surface area contributed by atoms with E-state index in [1.807, 2.05) is 0 Å². The zero-order chi connectivity index (χ0) is 16.4. The summed E-state index contributed by atoms with van der Waals surface area (Å²) in [5, 5.41) is 0. The first kappa shape index (κ1) is 18.2. The topological polar surface area (TPSA) is 88.1 Å². The predicted octanol–water partition coefficient (Wildman–Crippen LogP) is 1.15. The highest BCUT2D eigenvalue weighted by atomic mass is 16.6. The van der Waals surface area contributed by atoms with E-state index in [1.54, 1.807) is 0 Å². The normalized spacial score (nSPS) is 14.4. The average molecular weight is 314 g/mol. The Morgan fingerprint density at radius 3 is 2.36 bits per heavy atom.